The molecule has 0 saturated carbocycles. The average molecular weight is 256 g/mol. The summed E-state index contributed by atoms with van der Waals surface area (Å²) in [4.78, 5) is 25.6. The quantitative estimate of drug-likeness (QED) is 0.819. The Bertz CT molecular complexity index is 349. The minimum absolute atomic E-state index is 0.212. The molecular formula is C13H24N2O3. The number of nitrogens with zero attached hydrogens (tertiary/aromatic N) is 1. The summed E-state index contributed by atoms with van der Waals surface area (Å²) < 4.78 is 5.31. The normalized spacial score (nSPS) is 28.7. The monoisotopic (exact) mass is 256 g/mol. The molecule has 2 N–H and O–H groups in total. The van der Waals surface area contributed by atoms with Crippen LogP contribution in [0, 0.1) is 5.92 Å². The molecule has 0 spiro atoms. The molecule has 18 heavy (non-hydrogen) atoms. The van der Waals surface area contributed by atoms with Gasteiger partial charge in [-0.15, -0.1) is 0 Å². The highest BCUT2D eigenvalue weighted by Crippen LogP contribution is 2.37. The number of likely N-dealkylation sites (tertiary alicyclic amines) is 1. The minimum Gasteiger partial charge on any atom is -0.443 e. The van der Waals surface area contributed by atoms with Crippen LogP contribution in [0.5, 0.6) is 0 Å². The first-order valence-corrected chi connectivity index (χ1v) is 6.41. The molecule has 0 radical (unpaired) electrons. The second-order valence-electron chi connectivity index (χ2n) is 6.14. The van der Waals surface area contributed by atoms with Crippen LogP contribution in [-0.2, 0) is 9.53 Å². The molecule has 0 aromatic rings. The lowest BCUT2D eigenvalue weighted by Crippen LogP contribution is -2.49. The van der Waals surface area contributed by atoms with E-state index in [1.807, 2.05) is 13.8 Å². The molecule has 1 fully saturated rings. The van der Waals surface area contributed by atoms with Gasteiger partial charge in [0, 0.05) is 6.54 Å². The zero-order chi connectivity index (χ0) is 14.1. The summed E-state index contributed by atoms with van der Waals surface area (Å²) >= 11 is 0. The van der Waals surface area contributed by atoms with E-state index in [0.29, 0.717) is 12.8 Å². The third-order valence-corrected chi connectivity index (χ3v) is 3.42. The zero-order valence-electron chi connectivity index (χ0n) is 11.9. The van der Waals surface area contributed by atoms with Gasteiger partial charge in [0.15, 0.2) is 0 Å². The van der Waals surface area contributed by atoms with E-state index >= 15 is 0 Å². The van der Waals surface area contributed by atoms with Gasteiger partial charge in [0.1, 0.15) is 5.60 Å². The molecule has 2 unspecified atom stereocenters. The average Bonchev–Trinajstić information content (AvgIpc) is 2.48. The first-order chi connectivity index (χ1) is 8.14. The molecule has 5 nitrogen and oxygen atoms in total. The van der Waals surface area contributed by atoms with E-state index in [4.69, 9.17) is 10.5 Å². The Kier molecular flexibility index (Phi) is 4.05. The standard InChI is InChI=1S/C13H24N2O3/c1-6-13(5)7-9(8-14)10(16)15(13)11(17)18-12(2,3)4/h9H,6-8,14H2,1-5H3. The highest BCUT2D eigenvalue weighted by molar-refractivity contribution is 5.96. The van der Waals surface area contributed by atoms with E-state index in [9.17, 15) is 9.59 Å². The van der Waals surface area contributed by atoms with Gasteiger partial charge in [0.2, 0.25) is 5.91 Å². The number of hydrogen-bond donors (Lipinski definition) is 1. The van der Waals surface area contributed by atoms with Gasteiger partial charge >= 0.3 is 6.09 Å². The van der Waals surface area contributed by atoms with E-state index in [0.717, 1.165) is 0 Å². The van der Waals surface area contributed by atoms with Crippen molar-refractivity contribution in [1.29, 1.82) is 0 Å². The second-order valence-corrected chi connectivity index (χ2v) is 6.14. The summed E-state index contributed by atoms with van der Waals surface area (Å²) in [6.45, 7) is 9.50. The van der Waals surface area contributed by atoms with Gasteiger partial charge in [-0.25, -0.2) is 9.69 Å². The van der Waals surface area contributed by atoms with Crippen molar-refractivity contribution < 1.29 is 14.3 Å². The van der Waals surface area contributed by atoms with Crippen LogP contribution in [0.3, 0.4) is 0 Å². The van der Waals surface area contributed by atoms with Crippen molar-refractivity contribution in [3.8, 4) is 0 Å². The van der Waals surface area contributed by atoms with Crippen molar-refractivity contribution in [3.05, 3.63) is 0 Å². The van der Waals surface area contributed by atoms with Crippen LogP contribution in [0.25, 0.3) is 0 Å². The van der Waals surface area contributed by atoms with E-state index < -0.39 is 17.2 Å². The fourth-order valence-electron chi connectivity index (χ4n) is 2.26. The topological polar surface area (TPSA) is 72.6 Å². The fraction of sp³-hybridized carbons (Fsp3) is 0.846. The largest absolute Gasteiger partial charge is 0.443 e. The summed E-state index contributed by atoms with van der Waals surface area (Å²) in [5.41, 5.74) is 4.50. The Hall–Kier alpha value is -1.10. The first kappa shape index (κ1) is 15.0. The lowest BCUT2D eigenvalue weighted by molar-refractivity contribution is -0.132. The Morgan fingerprint density at radius 1 is 1.56 bits per heavy atom. The van der Waals surface area contributed by atoms with Gasteiger partial charge in [0.05, 0.1) is 11.5 Å². The predicted molar refractivity (Wildman–Crippen MR) is 68.9 cm³/mol. The Morgan fingerprint density at radius 2 is 2.11 bits per heavy atom. The summed E-state index contributed by atoms with van der Waals surface area (Å²) in [6, 6.07) is 0. The van der Waals surface area contributed by atoms with Crippen LogP contribution in [-0.4, -0.2) is 34.6 Å². The highest BCUT2D eigenvalue weighted by Gasteiger charge is 2.50. The van der Waals surface area contributed by atoms with Crippen LogP contribution < -0.4 is 5.73 Å². The molecular weight excluding hydrogens is 232 g/mol. The first-order valence-electron chi connectivity index (χ1n) is 6.41. The summed E-state index contributed by atoms with van der Waals surface area (Å²) in [5.74, 6) is -0.487. The van der Waals surface area contributed by atoms with Crippen molar-refractivity contribution >= 4 is 12.0 Å². The SMILES string of the molecule is CCC1(C)CC(CN)C(=O)N1C(=O)OC(C)(C)C. The van der Waals surface area contributed by atoms with Gasteiger partial charge in [0.25, 0.3) is 0 Å². The molecule has 104 valence electrons. The number of carbonyl (C=O) groups is 2. The molecule has 1 heterocycles. The molecule has 1 rings (SSSR count). The second kappa shape index (κ2) is 4.88. The van der Waals surface area contributed by atoms with Crippen molar-refractivity contribution in [1.82, 2.24) is 4.90 Å². The minimum atomic E-state index is -0.604. The van der Waals surface area contributed by atoms with E-state index in [1.165, 1.54) is 4.90 Å². The number of rotatable bonds is 2. The predicted octanol–water partition coefficient (Wildman–Crippen LogP) is 1.90. The van der Waals surface area contributed by atoms with Crippen molar-refractivity contribution in [2.24, 2.45) is 11.7 Å². The third kappa shape index (κ3) is 2.83. The molecule has 1 saturated heterocycles. The summed E-state index contributed by atoms with van der Waals surface area (Å²) in [7, 11) is 0. The number of carbonyl (C=O) groups excluding carboxylic acids is 2. The molecule has 5 heteroatoms. The molecule has 0 aliphatic carbocycles. The number of amides is 2. The van der Waals surface area contributed by atoms with Crippen LogP contribution in [0.1, 0.15) is 47.5 Å². The van der Waals surface area contributed by atoms with E-state index in [2.05, 4.69) is 0 Å². The van der Waals surface area contributed by atoms with Gasteiger partial charge in [-0.1, -0.05) is 6.92 Å². The van der Waals surface area contributed by atoms with Crippen LogP contribution in [0.2, 0.25) is 0 Å². The van der Waals surface area contributed by atoms with Gasteiger partial charge in [-0.3, -0.25) is 4.79 Å². The fourth-order valence-corrected chi connectivity index (χ4v) is 2.26. The molecule has 2 amide bonds. The maximum atomic E-state index is 12.2. The van der Waals surface area contributed by atoms with Crippen molar-refractivity contribution in [2.45, 2.75) is 58.6 Å². The lowest BCUT2D eigenvalue weighted by Gasteiger charge is -2.33. The molecule has 0 aromatic carbocycles. The number of nitrogens with two attached hydrogens (primary N) is 1. The van der Waals surface area contributed by atoms with Crippen molar-refractivity contribution in [3.63, 3.8) is 0 Å². The molecule has 2 atom stereocenters. The zero-order valence-corrected chi connectivity index (χ0v) is 11.9. The van der Waals surface area contributed by atoms with Gasteiger partial charge in [-0.2, -0.15) is 0 Å². The highest BCUT2D eigenvalue weighted by atomic mass is 16.6. The lowest BCUT2D eigenvalue weighted by atomic mass is 9.92. The summed E-state index contributed by atoms with van der Waals surface area (Å²) in [5, 5.41) is 0. The van der Waals surface area contributed by atoms with E-state index in [1.54, 1.807) is 20.8 Å². The van der Waals surface area contributed by atoms with Gasteiger partial charge < -0.3 is 10.5 Å². The number of ether oxygens (including phenoxy) is 1. The van der Waals surface area contributed by atoms with Crippen LogP contribution in [0.4, 0.5) is 4.79 Å². The molecule has 1 aliphatic rings. The van der Waals surface area contributed by atoms with Crippen molar-refractivity contribution in [2.75, 3.05) is 6.54 Å². The Morgan fingerprint density at radius 3 is 2.50 bits per heavy atom. The molecule has 0 aromatic heterocycles. The number of hydrogen-bond acceptors (Lipinski definition) is 4. The molecule has 1 aliphatic heterocycles. The number of imide groups is 1. The maximum absolute atomic E-state index is 12.2. The van der Waals surface area contributed by atoms with E-state index in [-0.39, 0.29) is 18.4 Å². The Labute approximate surface area is 109 Å². The third-order valence-electron chi connectivity index (χ3n) is 3.42. The van der Waals surface area contributed by atoms with Crippen LogP contribution >= 0.6 is 0 Å². The smallest absolute Gasteiger partial charge is 0.417 e. The molecule has 0 bridgehead atoms. The van der Waals surface area contributed by atoms with Crippen LogP contribution in [0.15, 0.2) is 0 Å². The van der Waals surface area contributed by atoms with Gasteiger partial charge in [-0.05, 0) is 40.5 Å². The Balaban J connectivity index is 2.97. The maximum Gasteiger partial charge on any atom is 0.417 e. The summed E-state index contributed by atoms with van der Waals surface area (Å²) in [6.07, 6.45) is 0.750.